The van der Waals surface area contributed by atoms with Crippen LogP contribution >= 0.6 is 0 Å². The van der Waals surface area contributed by atoms with Gasteiger partial charge in [0.05, 0.1) is 0 Å². The van der Waals surface area contributed by atoms with Gasteiger partial charge in [-0.2, -0.15) is 0 Å². The SMILES string of the molecule is CC1NC=CN1C(=O)NCc1ccc(OC(F)(F)F)cc1F. The molecule has 1 atom stereocenters. The van der Waals surface area contributed by atoms with Crippen LogP contribution in [0.3, 0.4) is 0 Å². The van der Waals surface area contributed by atoms with E-state index in [0.717, 1.165) is 12.1 Å². The van der Waals surface area contributed by atoms with Crippen LogP contribution in [0.1, 0.15) is 12.5 Å². The fourth-order valence-electron chi connectivity index (χ4n) is 1.85. The molecular weight excluding hydrogens is 306 g/mol. The highest BCUT2D eigenvalue weighted by molar-refractivity contribution is 5.76. The van der Waals surface area contributed by atoms with Gasteiger partial charge in [-0.15, -0.1) is 13.2 Å². The lowest BCUT2D eigenvalue weighted by atomic mass is 10.2. The average Bonchev–Trinajstić information content (AvgIpc) is 2.82. The van der Waals surface area contributed by atoms with Crippen molar-refractivity contribution in [2.24, 2.45) is 0 Å². The van der Waals surface area contributed by atoms with Gasteiger partial charge in [-0.05, 0) is 13.0 Å². The molecule has 0 spiro atoms. The Morgan fingerprint density at radius 2 is 2.18 bits per heavy atom. The van der Waals surface area contributed by atoms with E-state index in [-0.39, 0.29) is 18.3 Å². The highest BCUT2D eigenvalue weighted by Gasteiger charge is 2.31. The Bertz CT molecular complexity index is 589. The molecule has 0 saturated heterocycles. The van der Waals surface area contributed by atoms with Crippen molar-refractivity contribution >= 4 is 6.03 Å². The second kappa shape index (κ2) is 6.12. The van der Waals surface area contributed by atoms with Gasteiger partial charge < -0.3 is 15.4 Å². The summed E-state index contributed by atoms with van der Waals surface area (Å²) in [4.78, 5) is 13.2. The third kappa shape index (κ3) is 4.03. The molecule has 1 aromatic carbocycles. The number of hydrogen-bond donors (Lipinski definition) is 2. The number of ether oxygens (including phenoxy) is 1. The molecule has 1 aliphatic heterocycles. The van der Waals surface area contributed by atoms with Crippen molar-refractivity contribution in [2.45, 2.75) is 26.0 Å². The molecule has 0 radical (unpaired) electrons. The van der Waals surface area contributed by atoms with E-state index in [1.807, 2.05) is 0 Å². The average molecular weight is 319 g/mol. The molecule has 1 aliphatic rings. The molecule has 22 heavy (non-hydrogen) atoms. The van der Waals surface area contributed by atoms with Gasteiger partial charge in [0.25, 0.3) is 0 Å². The van der Waals surface area contributed by atoms with Crippen molar-refractivity contribution in [3.05, 3.63) is 42.0 Å². The first kappa shape index (κ1) is 15.9. The number of halogens is 4. The number of carbonyl (C=O) groups is 1. The Hall–Kier alpha value is -2.45. The van der Waals surface area contributed by atoms with E-state index in [9.17, 15) is 22.4 Å². The van der Waals surface area contributed by atoms with E-state index in [2.05, 4.69) is 15.4 Å². The summed E-state index contributed by atoms with van der Waals surface area (Å²) in [5, 5.41) is 5.35. The van der Waals surface area contributed by atoms with Crippen LogP contribution in [0.25, 0.3) is 0 Å². The number of nitrogens with zero attached hydrogens (tertiary/aromatic N) is 1. The van der Waals surface area contributed by atoms with Crippen molar-refractivity contribution in [2.75, 3.05) is 0 Å². The summed E-state index contributed by atoms with van der Waals surface area (Å²) in [5.41, 5.74) is 0.0478. The van der Waals surface area contributed by atoms with Crippen LogP contribution in [0.5, 0.6) is 5.75 Å². The van der Waals surface area contributed by atoms with E-state index in [4.69, 9.17) is 0 Å². The zero-order valence-corrected chi connectivity index (χ0v) is 11.4. The fourth-order valence-corrected chi connectivity index (χ4v) is 1.85. The molecule has 1 aromatic rings. The molecule has 0 bridgehead atoms. The monoisotopic (exact) mass is 319 g/mol. The number of benzene rings is 1. The Morgan fingerprint density at radius 1 is 1.45 bits per heavy atom. The van der Waals surface area contributed by atoms with E-state index in [1.165, 1.54) is 11.1 Å². The molecular formula is C13H13F4N3O2. The van der Waals surface area contributed by atoms with Crippen LogP contribution in [0.4, 0.5) is 22.4 Å². The lowest BCUT2D eigenvalue weighted by molar-refractivity contribution is -0.274. The molecule has 9 heteroatoms. The van der Waals surface area contributed by atoms with Gasteiger partial charge in [0, 0.05) is 30.6 Å². The first-order valence-electron chi connectivity index (χ1n) is 6.29. The largest absolute Gasteiger partial charge is 0.573 e. The number of amides is 2. The molecule has 0 aliphatic carbocycles. The Morgan fingerprint density at radius 3 is 2.73 bits per heavy atom. The number of rotatable bonds is 3. The third-order valence-electron chi connectivity index (χ3n) is 2.91. The van der Waals surface area contributed by atoms with Gasteiger partial charge in [0.15, 0.2) is 0 Å². The van der Waals surface area contributed by atoms with Crippen LogP contribution in [0.15, 0.2) is 30.6 Å². The van der Waals surface area contributed by atoms with Crippen LogP contribution in [0.2, 0.25) is 0 Å². The van der Waals surface area contributed by atoms with Crippen LogP contribution in [0, 0.1) is 5.82 Å². The summed E-state index contributed by atoms with van der Waals surface area (Å²) < 4.78 is 53.3. The lowest BCUT2D eigenvalue weighted by Crippen LogP contribution is -2.42. The molecule has 2 amide bonds. The second-order valence-electron chi connectivity index (χ2n) is 4.53. The van der Waals surface area contributed by atoms with Gasteiger partial charge >= 0.3 is 12.4 Å². The van der Waals surface area contributed by atoms with Crippen LogP contribution in [-0.2, 0) is 6.54 Å². The quantitative estimate of drug-likeness (QED) is 0.842. The van der Waals surface area contributed by atoms with Crippen molar-refractivity contribution in [1.82, 2.24) is 15.5 Å². The van der Waals surface area contributed by atoms with Crippen molar-refractivity contribution < 1.29 is 27.1 Å². The van der Waals surface area contributed by atoms with Gasteiger partial charge in [-0.25, -0.2) is 9.18 Å². The van der Waals surface area contributed by atoms with Gasteiger partial charge in [-0.3, -0.25) is 4.90 Å². The number of nitrogens with one attached hydrogen (secondary N) is 2. The van der Waals surface area contributed by atoms with Crippen LogP contribution in [-0.4, -0.2) is 23.5 Å². The Labute approximate surface area is 123 Å². The highest BCUT2D eigenvalue weighted by Crippen LogP contribution is 2.24. The second-order valence-corrected chi connectivity index (χ2v) is 4.53. The minimum atomic E-state index is -4.88. The maximum atomic E-state index is 13.7. The molecule has 0 saturated carbocycles. The highest BCUT2D eigenvalue weighted by atomic mass is 19.4. The van der Waals surface area contributed by atoms with E-state index in [0.29, 0.717) is 6.07 Å². The minimum absolute atomic E-state index is 0.0478. The summed E-state index contributed by atoms with van der Waals surface area (Å²) >= 11 is 0. The zero-order chi connectivity index (χ0) is 16.3. The van der Waals surface area contributed by atoms with Gasteiger partial charge in [0.2, 0.25) is 0 Å². The Balaban J connectivity index is 1.96. The Kier molecular flexibility index (Phi) is 4.43. The molecule has 0 aromatic heterocycles. The lowest BCUT2D eigenvalue weighted by Gasteiger charge is -2.20. The minimum Gasteiger partial charge on any atom is -0.406 e. The van der Waals surface area contributed by atoms with Gasteiger partial charge in [-0.1, -0.05) is 6.07 Å². The first-order valence-corrected chi connectivity index (χ1v) is 6.29. The maximum Gasteiger partial charge on any atom is 0.573 e. The fraction of sp³-hybridized carbons (Fsp3) is 0.308. The van der Waals surface area contributed by atoms with E-state index < -0.39 is 24.0 Å². The van der Waals surface area contributed by atoms with E-state index >= 15 is 0 Å². The van der Waals surface area contributed by atoms with E-state index in [1.54, 1.807) is 13.1 Å². The van der Waals surface area contributed by atoms with Crippen LogP contribution < -0.4 is 15.4 Å². The van der Waals surface area contributed by atoms with Crippen molar-refractivity contribution in [3.63, 3.8) is 0 Å². The molecule has 2 N–H and O–H groups in total. The first-order chi connectivity index (χ1) is 10.3. The predicted molar refractivity (Wildman–Crippen MR) is 68.9 cm³/mol. The molecule has 1 unspecified atom stereocenters. The van der Waals surface area contributed by atoms with Crippen molar-refractivity contribution in [3.8, 4) is 5.75 Å². The molecule has 1 heterocycles. The summed E-state index contributed by atoms with van der Waals surface area (Å²) in [7, 11) is 0. The molecule has 5 nitrogen and oxygen atoms in total. The predicted octanol–water partition coefficient (Wildman–Crippen LogP) is 2.66. The topological polar surface area (TPSA) is 53.6 Å². The number of urea groups is 1. The standard InChI is InChI=1S/C13H13F4N3O2/c1-8-18-4-5-20(8)12(21)19-7-9-2-3-10(6-11(9)14)22-13(15,16)17/h2-6,8,18H,7H2,1H3,(H,19,21). The smallest absolute Gasteiger partial charge is 0.406 e. The van der Waals surface area contributed by atoms with Gasteiger partial charge in [0.1, 0.15) is 17.7 Å². The molecule has 2 rings (SSSR count). The van der Waals surface area contributed by atoms with Crippen molar-refractivity contribution in [1.29, 1.82) is 0 Å². The third-order valence-corrected chi connectivity index (χ3v) is 2.91. The molecule has 120 valence electrons. The number of carbonyl (C=O) groups excluding carboxylic acids is 1. The summed E-state index contributed by atoms with van der Waals surface area (Å²) in [6.45, 7) is 1.59. The molecule has 0 fully saturated rings. The maximum absolute atomic E-state index is 13.7. The normalized spacial score (nSPS) is 17.3. The summed E-state index contributed by atoms with van der Waals surface area (Å²) in [6, 6.07) is 2.27. The number of alkyl halides is 3. The summed E-state index contributed by atoms with van der Waals surface area (Å²) in [5.74, 6) is -1.55. The summed E-state index contributed by atoms with van der Waals surface area (Å²) in [6.07, 6.45) is -1.99. The number of hydrogen-bond acceptors (Lipinski definition) is 3. The zero-order valence-electron chi connectivity index (χ0n) is 11.4.